The van der Waals surface area contributed by atoms with Gasteiger partial charge in [0.2, 0.25) is 0 Å². The minimum atomic E-state index is 0.829. The molecule has 0 radical (unpaired) electrons. The van der Waals surface area contributed by atoms with Gasteiger partial charge in [-0.05, 0) is 32.9 Å². The van der Waals surface area contributed by atoms with Crippen LogP contribution in [0.4, 0.5) is 0 Å². The summed E-state index contributed by atoms with van der Waals surface area (Å²) < 4.78 is 0. The number of hydrogen-bond acceptors (Lipinski definition) is 1. The van der Waals surface area contributed by atoms with Gasteiger partial charge in [0, 0.05) is 6.04 Å². The first-order valence-corrected chi connectivity index (χ1v) is 3.96. The summed E-state index contributed by atoms with van der Waals surface area (Å²) in [5.41, 5.74) is 0. The molecule has 1 nitrogen and oxygen atoms in total. The minimum Gasteiger partial charge on any atom is -0.303 e. The lowest BCUT2D eigenvalue weighted by Gasteiger charge is -2.18. The summed E-state index contributed by atoms with van der Waals surface area (Å²) in [5.74, 6) is 0.968. The van der Waals surface area contributed by atoms with Crippen molar-refractivity contribution >= 4 is 0 Å². The van der Waals surface area contributed by atoms with E-state index in [1.807, 2.05) is 0 Å². The molecule has 0 aromatic rings. The average Bonchev–Trinajstić information content (AvgIpc) is 2.15. The van der Waals surface area contributed by atoms with Crippen LogP contribution in [0, 0.1) is 5.92 Å². The van der Waals surface area contributed by atoms with E-state index in [1.165, 1.54) is 19.4 Å². The Morgan fingerprint density at radius 3 is 2.44 bits per heavy atom. The van der Waals surface area contributed by atoms with Crippen molar-refractivity contribution in [1.29, 1.82) is 0 Å². The third kappa shape index (κ3) is 1.26. The first-order chi connectivity index (χ1) is 4.25. The molecular formula is C8H17N. The molecule has 0 saturated carbocycles. The van der Waals surface area contributed by atoms with Crippen LogP contribution < -0.4 is 0 Å². The molecule has 1 heteroatoms. The van der Waals surface area contributed by atoms with Gasteiger partial charge in [0.15, 0.2) is 0 Å². The van der Waals surface area contributed by atoms with Gasteiger partial charge in [-0.15, -0.1) is 0 Å². The molecule has 1 aliphatic heterocycles. The van der Waals surface area contributed by atoms with Gasteiger partial charge in [-0.25, -0.2) is 0 Å². The van der Waals surface area contributed by atoms with Crippen LogP contribution in [0.3, 0.4) is 0 Å². The maximum absolute atomic E-state index is 2.45. The molecule has 0 aromatic heterocycles. The summed E-state index contributed by atoms with van der Waals surface area (Å²) in [5, 5.41) is 0. The minimum absolute atomic E-state index is 0.829. The van der Waals surface area contributed by atoms with E-state index < -0.39 is 0 Å². The van der Waals surface area contributed by atoms with E-state index in [0.717, 1.165) is 12.0 Å². The summed E-state index contributed by atoms with van der Waals surface area (Å²) >= 11 is 0. The van der Waals surface area contributed by atoms with Crippen molar-refractivity contribution in [2.45, 2.75) is 32.7 Å². The van der Waals surface area contributed by atoms with Crippen LogP contribution in [-0.2, 0) is 0 Å². The molecule has 0 aliphatic carbocycles. The lowest BCUT2D eigenvalue weighted by molar-refractivity contribution is 0.289. The highest BCUT2D eigenvalue weighted by Crippen LogP contribution is 2.24. The lowest BCUT2D eigenvalue weighted by atomic mass is 9.99. The molecule has 1 heterocycles. The second-order valence-electron chi connectivity index (χ2n) is 3.18. The van der Waals surface area contributed by atoms with E-state index in [2.05, 4.69) is 25.8 Å². The standard InChI is InChI=1S/C8H17N/c1-4-8-5-6-9(3)7(8)2/h7-8H,4-6H2,1-3H3/t7-,8?/m1/s1. The van der Waals surface area contributed by atoms with E-state index >= 15 is 0 Å². The number of hydrogen-bond donors (Lipinski definition) is 0. The summed E-state index contributed by atoms with van der Waals surface area (Å²) in [6.07, 6.45) is 2.76. The van der Waals surface area contributed by atoms with E-state index in [1.54, 1.807) is 0 Å². The van der Waals surface area contributed by atoms with Crippen LogP contribution >= 0.6 is 0 Å². The van der Waals surface area contributed by atoms with Gasteiger partial charge in [0.05, 0.1) is 0 Å². The smallest absolute Gasteiger partial charge is 0.00925 e. The van der Waals surface area contributed by atoms with Crippen LogP contribution in [-0.4, -0.2) is 24.5 Å². The summed E-state index contributed by atoms with van der Waals surface area (Å²) in [6, 6.07) is 0.829. The van der Waals surface area contributed by atoms with Crippen LogP contribution in [0.25, 0.3) is 0 Å². The summed E-state index contributed by atoms with van der Waals surface area (Å²) in [4.78, 5) is 2.45. The molecule has 1 unspecified atom stereocenters. The molecule has 1 fully saturated rings. The first kappa shape index (κ1) is 7.07. The fourth-order valence-corrected chi connectivity index (χ4v) is 1.72. The van der Waals surface area contributed by atoms with E-state index in [4.69, 9.17) is 0 Å². The molecular weight excluding hydrogens is 110 g/mol. The number of rotatable bonds is 1. The Morgan fingerprint density at radius 1 is 1.56 bits per heavy atom. The monoisotopic (exact) mass is 127 g/mol. The van der Waals surface area contributed by atoms with Crippen molar-refractivity contribution in [3.05, 3.63) is 0 Å². The lowest BCUT2D eigenvalue weighted by Crippen LogP contribution is -2.25. The van der Waals surface area contributed by atoms with E-state index in [9.17, 15) is 0 Å². The van der Waals surface area contributed by atoms with Gasteiger partial charge in [0.1, 0.15) is 0 Å². The van der Waals surface area contributed by atoms with Crippen molar-refractivity contribution in [2.75, 3.05) is 13.6 Å². The highest BCUT2D eigenvalue weighted by Gasteiger charge is 2.25. The van der Waals surface area contributed by atoms with Crippen LogP contribution in [0.5, 0.6) is 0 Å². The fraction of sp³-hybridized carbons (Fsp3) is 1.00. The van der Waals surface area contributed by atoms with E-state index in [-0.39, 0.29) is 0 Å². The second-order valence-corrected chi connectivity index (χ2v) is 3.18. The highest BCUT2D eigenvalue weighted by atomic mass is 15.1. The van der Waals surface area contributed by atoms with Gasteiger partial charge in [0.25, 0.3) is 0 Å². The van der Waals surface area contributed by atoms with Crippen molar-refractivity contribution < 1.29 is 0 Å². The van der Waals surface area contributed by atoms with Crippen molar-refractivity contribution in [2.24, 2.45) is 5.92 Å². The zero-order chi connectivity index (χ0) is 6.85. The average molecular weight is 127 g/mol. The molecule has 0 spiro atoms. The fourth-order valence-electron chi connectivity index (χ4n) is 1.72. The Labute approximate surface area is 58.0 Å². The van der Waals surface area contributed by atoms with Gasteiger partial charge >= 0.3 is 0 Å². The molecule has 0 amide bonds. The highest BCUT2D eigenvalue weighted by molar-refractivity contribution is 4.80. The topological polar surface area (TPSA) is 3.24 Å². The Balaban J connectivity index is 2.41. The Morgan fingerprint density at radius 2 is 2.22 bits per heavy atom. The normalized spacial score (nSPS) is 37.7. The predicted octanol–water partition coefficient (Wildman–Crippen LogP) is 1.74. The van der Waals surface area contributed by atoms with Crippen molar-refractivity contribution in [3.8, 4) is 0 Å². The third-order valence-corrected chi connectivity index (χ3v) is 2.75. The molecule has 2 atom stereocenters. The summed E-state index contributed by atoms with van der Waals surface area (Å²) in [6.45, 7) is 5.93. The molecule has 0 aromatic carbocycles. The molecule has 1 saturated heterocycles. The quantitative estimate of drug-likeness (QED) is 0.518. The van der Waals surface area contributed by atoms with Gasteiger partial charge in [-0.3, -0.25) is 0 Å². The number of nitrogens with zero attached hydrogens (tertiary/aromatic N) is 1. The number of likely N-dealkylation sites (tertiary alicyclic amines) is 1. The maximum atomic E-state index is 2.45. The van der Waals surface area contributed by atoms with Crippen LogP contribution in [0.15, 0.2) is 0 Å². The second kappa shape index (κ2) is 2.70. The Kier molecular flexibility index (Phi) is 2.12. The maximum Gasteiger partial charge on any atom is 0.00925 e. The summed E-state index contributed by atoms with van der Waals surface area (Å²) in [7, 11) is 2.22. The van der Waals surface area contributed by atoms with E-state index in [0.29, 0.717) is 0 Å². The Hall–Kier alpha value is -0.0400. The van der Waals surface area contributed by atoms with Gasteiger partial charge in [-0.1, -0.05) is 13.3 Å². The van der Waals surface area contributed by atoms with Crippen molar-refractivity contribution in [1.82, 2.24) is 4.90 Å². The van der Waals surface area contributed by atoms with Gasteiger partial charge < -0.3 is 4.90 Å². The van der Waals surface area contributed by atoms with Crippen LogP contribution in [0.2, 0.25) is 0 Å². The third-order valence-electron chi connectivity index (χ3n) is 2.75. The molecule has 54 valence electrons. The molecule has 1 rings (SSSR count). The molecule has 9 heavy (non-hydrogen) atoms. The zero-order valence-electron chi connectivity index (χ0n) is 6.72. The zero-order valence-corrected chi connectivity index (χ0v) is 6.72. The molecule has 0 bridgehead atoms. The Bertz CT molecular complexity index is 90.6. The predicted molar refractivity (Wildman–Crippen MR) is 40.5 cm³/mol. The van der Waals surface area contributed by atoms with Crippen molar-refractivity contribution in [3.63, 3.8) is 0 Å². The van der Waals surface area contributed by atoms with Crippen LogP contribution in [0.1, 0.15) is 26.7 Å². The molecule has 1 aliphatic rings. The molecule has 0 N–H and O–H groups in total. The first-order valence-electron chi connectivity index (χ1n) is 3.96. The van der Waals surface area contributed by atoms with Gasteiger partial charge in [-0.2, -0.15) is 0 Å². The largest absolute Gasteiger partial charge is 0.303 e. The SMILES string of the molecule is CCC1CCN(C)[C@@H]1C.